The third kappa shape index (κ3) is 2.37. The van der Waals surface area contributed by atoms with Crippen LogP contribution in [0.25, 0.3) is 16.2 Å². The van der Waals surface area contributed by atoms with Crippen molar-refractivity contribution in [1.82, 2.24) is 0 Å². The summed E-state index contributed by atoms with van der Waals surface area (Å²) in [5, 5.41) is 10.2. The Balaban J connectivity index is 2.43. The summed E-state index contributed by atoms with van der Waals surface area (Å²) >= 11 is 7.39. The van der Waals surface area contributed by atoms with E-state index in [0.717, 1.165) is 21.0 Å². The van der Waals surface area contributed by atoms with E-state index in [1.807, 2.05) is 24.3 Å². The second-order valence-electron chi connectivity index (χ2n) is 3.00. The molecule has 4 heteroatoms. The molecule has 0 unspecified atom stereocenters. The largest absolute Gasteiger partial charge is 0.478 e. The summed E-state index contributed by atoms with van der Waals surface area (Å²) in [5.41, 5.74) is 0. The minimum atomic E-state index is -0.939. The fraction of sp³-hybridized carbons (Fsp3) is 0. The number of benzene rings is 1. The molecule has 0 amide bonds. The van der Waals surface area contributed by atoms with Crippen LogP contribution in [-0.4, -0.2) is 11.1 Å². The molecule has 1 heterocycles. The summed E-state index contributed by atoms with van der Waals surface area (Å²) in [4.78, 5) is 11.3. The van der Waals surface area contributed by atoms with Gasteiger partial charge in [0.1, 0.15) is 0 Å². The molecule has 0 spiro atoms. The van der Waals surface area contributed by atoms with Gasteiger partial charge in [-0.15, -0.1) is 11.3 Å². The molecule has 1 aromatic carbocycles. The lowest BCUT2D eigenvalue weighted by molar-refractivity contribution is -0.131. The molecule has 0 fully saturated rings. The van der Waals surface area contributed by atoms with Gasteiger partial charge >= 0.3 is 5.97 Å². The molecule has 2 rings (SSSR count). The van der Waals surface area contributed by atoms with E-state index in [0.29, 0.717) is 5.02 Å². The quantitative estimate of drug-likeness (QED) is 0.811. The van der Waals surface area contributed by atoms with Crippen LogP contribution in [0, 0.1) is 0 Å². The van der Waals surface area contributed by atoms with Crippen molar-refractivity contribution in [3.8, 4) is 0 Å². The van der Waals surface area contributed by atoms with Crippen LogP contribution in [-0.2, 0) is 4.79 Å². The van der Waals surface area contributed by atoms with Crippen LogP contribution < -0.4 is 0 Å². The number of carbonyl (C=O) groups is 1. The summed E-state index contributed by atoms with van der Waals surface area (Å²) in [6, 6.07) is 7.54. The molecule has 1 N–H and O–H groups in total. The molecule has 2 nitrogen and oxygen atoms in total. The van der Waals surface area contributed by atoms with E-state index in [-0.39, 0.29) is 0 Å². The molecule has 2 aromatic rings. The average Bonchev–Trinajstić information content (AvgIpc) is 2.56. The number of rotatable bonds is 2. The van der Waals surface area contributed by atoms with Crippen LogP contribution in [0.2, 0.25) is 5.02 Å². The fourth-order valence-electron chi connectivity index (χ4n) is 1.27. The first kappa shape index (κ1) is 10.2. The first-order valence-electron chi connectivity index (χ1n) is 4.25. The van der Waals surface area contributed by atoms with Crippen LogP contribution in [0.1, 0.15) is 4.88 Å². The Hall–Kier alpha value is -1.32. The number of halogens is 1. The molecule has 0 saturated heterocycles. The maximum Gasteiger partial charge on any atom is 0.328 e. The highest BCUT2D eigenvalue weighted by molar-refractivity contribution is 7.19. The third-order valence-electron chi connectivity index (χ3n) is 1.89. The van der Waals surface area contributed by atoms with Gasteiger partial charge in [-0.3, -0.25) is 0 Å². The highest BCUT2D eigenvalue weighted by Crippen LogP contribution is 2.28. The first-order valence-corrected chi connectivity index (χ1v) is 5.45. The molecule has 0 aliphatic rings. The minimum absolute atomic E-state index is 0.689. The van der Waals surface area contributed by atoms with Gasteiger partial charge in [0.15, 0.2) is 0 Å². The van der Waals surface area contributed by atoms with Gasteiger partial charge in [0.25, 0.3) is 0 Å². The average molecular weight is 239 g/mol. The van der Waals surface area contributed by atoms with Crippen LogP contribution in [0.15, 0.2) is 30.3 Å². The molecule has 76 valence electrons. The lowest BCUT2D eigenvalue weighted by atomic mass is 10.2. The molecule has 0 aliphatic carbocycles. The maximum atomic E-state index is 10.3. The predicted octanol–water partition coefficient (Wildman–Crippen LogP) is 3.65. The summed E-state index contributed by atoms with van der Waals surface area (Å²) < 4.78 is 1.10. The van der Waals surface area contributed by atoms with E-state index in [9.17, 15) is 4.79 Å². The van der Waals surface area contributed by atoms with E-state index >= 15 is 0 Å². The Kier molecular flexibility index (Phi) is 2.75. The second kappa shape index (κ2) is 4.04. The van der Waals surface area contributed by atoms with Crippen LogP contribution in [0.4, 0.5) is 0 Å². The van der Waals surface area contributed by atoms with Crippen LogP contribution >= 0.6 is 22.9 Å². The number of hydrogen-bond acceptors (Lipinski definition) is 2. The second-order valence-corrected chi connectivity index (χ2v) is 4.55. The Morgan fingerprint density at radius 2 is 2.20 bits per heavy atom. The smallest absolute Gasteiger partial charge is 0.328 e. The third-order valence-corrected chi connectivity index (χ3v) is 3.20. The SMILES string of the molecule is O=C(O)/C=C/c1cc2cc(Cl)ccc2s1. The van der Waals surface area contributed by atoms with E-state index in [1.54, 1.807) is 6.08 Å². The molecule has 15 heavy (non-hydrogen) atoms. The monoisotopic (exact) mass is 238 g/mol. The maximum absolute atomic E-state index is 10.3. The summed E-state index contributed by atoms with van der Waals surface area (Å²) in [6.45, 7) is 0. The lowest BCUT2D eigenvalue weighted by Gasteiger charge is -1.87. The van der Waals surface area contributed by atoms with E-state index in [2.05, 4.69) is 0 Å². The number of aliphatic carboxylic acids is 1. The van der Waals surface area contributed by atoms with Gasteiger partial charge in [0, 0.05) is 20.7 Å². The topological polar surface area (TPSA) is 37.3 Å². The zero-order chi connectivity index (χ0) is 10.8. The van der Waals surface area contributed by atoms with Crippen molar-refractivity contribution < 1.29 is 9.90 Å². The summed E-state index contributed by atoms with van der Waals surface area (Å²) in [6.07, 6.45) is 2.72. The number of carboxylic acids is 1. The summed E-state index contributed by atoms with van der Waals surface area (Å²) in [5.74, 6) is -0.939. The van der Waals surface area contributed by atoms with Gasteiger partial charge in [0.05, 0.1) is 0 Å². The number of carboxylic acid groups (broad SMARTS) is 1. The molecule has 0 aliphatic heterocycles. The van der Waals surface area contributed by atoms with Crippen LogP contribution in [0.5, 0.6) is 0 Å². The van der Waals surface area contributed by atoms with Gasteiger partial charge in [-0.05, 0) is 35.7 Å². The van der Waals surface area contributed by atoms with Crippen molar-refractivity contribution in [2.45, 2.75) is 0 Å². The Bertz CT molecular complexity index is 543. The normalized spacial score (nSPS) is 11.3. The molecule has 1 aromatic heterocycles. The van der Waals surface area contributed by atoms with Crippen molar-refractivity contribution in [1.29, 1.82) is 0 Å². The zero-order valence-electron chi connectivity index (χ0n) is 7.61. The molecular formula is C11H7ClO2S. The van der Waals surface area contributed by atoms with Crippen molar-refractivity contribution in [3.05, 3.63) is 40.2 Å². The Morgan fingerprint density at radius 3 is 2.93 bits per heavy atom. The first-order chi connectivity index (χ1) is 7.15. The molecule has 0 saturated carbocycles. The van der Waals surface area contributed by atoms with E-state index in [4.69, 9.17) is 16.7 Å². The van der Waals surface area contributed by atoms with Crippen molar-refractivity contribution in [2.24, 2.45) is 0 Å². The zero-order valence-corrected chi connectivity index (χ0v) is 9.18. The number of hydrogen-bond donors (Lipinski definition) is 1. The highest BCUT2D eigenvalue weighted by atomic mass is 35.5. The molecule has 0 radical (unpaired) electrons. The van der Waals surface area contributed by atoms with Gasteiger partial charge < -0.3 is 5.11 Å². The Morgan fingerprint density at radius 1 is 1.40 bits per heavy atom. The summed E-state index contributed by atoms with van der Waals surface area (Å²) in [7, 11) is 0. The van der Waals surface area contributed by atoms with Gasteiger partial charge in [-0.2, -0.15) is 0 Å². The van der Waals surface area contributed by atoms with E-state index in [1.165, 1.54) is 11.3 Å². The van der Waals surface area contributed by atoms with Crippen LogP contribution in [0.3, 0.4) is 0 Å². The molecule has 0 bridgehead atoms. The lowest BCUT2D eigenvalue weighted by Crippen LogP contribution is -1.84. The van der Waals surface area contributed by atoms with Crippen molar-refractivity contribution in [2.75, 3.05) is 0 Å². The number of fused-ring (bicyclic) bond motifs is 1. The number of thiophene rings is 1. The predicted molar refractivity (Wildman–Crippen MR) is 63.5 cm³/mol. The highest BCUT2D eigenvalue weighted by Gasteiger charge is 2.00. The van der Waals surface area contributed by atoms with Crippen molar-refractivity contribution in [3.63, 3.8) is 0 Å². The van der Waals surface area contributed by atoms with Crippen molar-refractivity contribution >= 4 is 45.1 Å². The van der Waals surface area contributed by atoms with E-state index < -0.39 is 5.97 Å². The molecule has 0 atom stereocenters. The Labute approximate surface area is 95.4 Å². The fourth-order valence-corrected chi connectivity index (χ4v) is 2.40. The van der Waals surface area contributed by atoms with Gasteiger partial charge in [-0.25, -0.2) is 4.79 Å². The van der Waals surface area contributed by atoms with Gasteiger partial charge in [0.2, 0.25) is 0 Å². The van der Waals surface area contributed by atoms with Gasteiger partial charge in [-0.1, -0.05) is 11.6 Å². The molecular weight excluding hydrogens is 232 g/mol. The minimum Gasteiger partial charge on any atom is -0.478 e. The standard InChI is InChI=1S/C11H7ClO2S/c12-8-1-3-10-7(5-8)6-9(15-10)2-4-11(13)14/h1-6H,(H,13,14)/b4-2+.